The van der Waals surface area contributed by atoms with Crippen LogP contribution in [0, 0.1) is 0 Å². The van der Waals surface area contributed by atoms with Gasteiger partial charge in [-0.1, -0.05) is 0 Å². The average molecular weight is 179 g/mol. The number of aromatic nitrogens is 1. The Balaban J connectivity index is 2.20. The predicted octanol–water partition coefficient (Wildman–Crippen LogP) is 1.75. The highest BCUT2D eigenvalue weighted by Crippen LogP contribution is 2.22. The van der Waals surface area contributed by atoms with Crippen molar-refractivity contribution in [2.75, 3.05) is 0 Å². The molecule has 0 amide bonds. The first-order valence-electron chi connectivity index (χ1n) is 4.63. The van der Waals surface area contributed by atoms with Crippen LogP contribution in [0.4, 0.5) is 0 Å². The van der Waals surface area contributed by atoms with Crippen LogP contribution in [0.25, 0.3) is 0 Å². The van der Waals surface area contributed by atoms with E-state index in [1.807, 2.05) is 12.3 Å². The van der Waals surface area contributed by atoms with Gasteiger partial charge in [-0.3, -0.25) is 4.79 Å². The van der Waals surface area contributed by atoms with Gasteiger partial charge in [0.05, 0.1) is 0 Å². The zero-order valence-corrected chi connectivity index (χ0v) is 7.75. The minimum absolute atomic E-state index is 0.247. The number of esters is 1. The van der Waals surface area contributed by atoms with Crippen molar-refractivity contribution < 1.29 is 9.53 Å². The van der Waals surface area contributed by atoms with Crippen molar-refractivity contribution >= 4 is 5.97 Å². The standard InChI is InChI=1S/C10H13NO2/c1-8(12)13-10-6-9-4-2-3-5-11(9)7-10/h6-7H,2-5H2,1H3. The fraction of sp³-hybridized carbons (Fsp3) is 0.500. The first kappa shape index (κ1) is 8.35. The monoisotopic (exact) mass is 179 g/mol. The molecule has 0 saturated carbocycles. The van der Waals surface area contributed by atoms with E-state index in [9.17, 15) is 4.79 Å². The lowest BCUT2D eigenvalue weighted by molar-refractivity contribution is -0.131. The van der Waals surface area contributed by atoms with Gasteiger partial charge < -0.3 is 9.30 Å². The molecule has 3 nitrogen and oxygen atoms in total. The Bertz CT molecular complexity index is 304. The molecule has 0 aromatic carbocycles. The summed E-state index contributed by atoms with van der Waals surface area (Å²) in [5.41, 5.74) is 1.28. The van der Waals surface area contributed by atoms with E-state index in [1.54, 1.807) is 0 Å². The maximum Gasteiger partial charge on any atom is 0.308 e. The molecular formula is C10H13NO2. The van der Waals surface area contributed by atoms with Crippen LogP contribution in [0.5, 0.6) is 5.75 Å². The van der Waals surface area contributed by atoms with E-state index in [0.29, 0.717) is 5.75 Å². The van der Waals surface area contributed by atoms with Crippen molar-refractivity contribution in [3.63, 3.8) is 0 Å². The second kappa shape index (κ2) is 3.24. The molecular weight excluding hydrogens is 166 g/mol. The normalized spacial score (nSPS) is 15.2. The highest BCUT2D eigenvalue weighted by Gasteiger charge is 2.11. The number of nitrogens with zero attached hydrogens (tertiary/aromatic N) is 1. The van der Waals surface area contributed by atoms with E-state index in [1.165, 1.54) is 25.5 Å². The van der Waals surface area contributed by atoms with Crippen molar-refractivity contribution in [1.82, 2.24) is 4.57 Å². The molecule has 2 rings (SSSR count). The van der Waals surface area contributed by atoms with Gasteiger partial charge in [0.1, 0.15) is 5.75 Å². The number of carbonyl (C=O) groups is 1. The largest absolute Gasteiger partial charge is 0.425 e. The fourth-order valence-corrected chi connectivity index (χ4v) is 1.75. The topological polar surface area (TPSA) is 31.2 Å². The summed E-state index contributed by atoms with van der Waals surface area (Å²) in [6.07, 6.45) is 5.47. The van der Waals surface area contributed by atoms with Crippen LogP contribution in [-0.4, -0.2) is 10.5 Å². The summed E-state index contributed by atoms with van der Waals surface area (Å²) in [6, 6.07) is 1.96. The van der Waals surface area contributed by atoms with Crippen molar-refractivity contribution in [2.45, 2.75) is 32.7 Å². The molecule has 0 atom stereocenters. The van der Waals surface area contributed by atoms with Crippen molar-refractivity contribution in [3.8, 4) is 5.75 Å². The molecule has 70 valence electrons. The summed E-state index contributed by atoms with van der Waals surface area (Å²) < 4.78 is 7.18. The summed E-state index contributed by atoms with van der Waals surface area (Å²) in [7, 11) is 0. The maximum atomic E-state index is 10.7. The van der Waals surface area contributed by atoms with E-state index < -0.39 is 0 Å². The molecule has 3 heteroatoms. The zero-order valence-electron chi connectivity index (χ0n) is 7.75. The summed E-state index contributed by atoms with van der Waals surface area (Å²) in [4.78, 5) is 10.7. The van der Waals surface area contributed by atoms with Gasteiger partial charge in [0, 0.05) is 31.4 Å². The first-order valence-corrected chi connectivity index (χ1v) is 4.63. The van der Waals surface area contributed by atoms with E-state index in [-0.39, 0.29) is 5.97 Å². The van der Waals surface area contributed by atoms with Gasteiger partial charge in [-0.2, -0.15) is 0 Å². The predicted molar refractivity (Wildman–Crippen MR) is 48.7 cm³/mol. The Morgan fingerprint density at radius 1 is 1.54 bits per heavy atom. The van der Waals surface area contributed by atoms with E-state index >= 15 is 0 Å². The molecule has 0 aliphatic carbocycles. The SMILES string of the molecule is CC(=O)Oc1cc2n(c1)CCCC2. The zero-order chi connectivity index (χ0) is 9.26. The molecule has 1 aromatic heterocycles. The maximum absolute atomic E-state index is 10.7. The van der Waals surface area contributed by atoms with E-state index in [2.05, 4.69) is 4.57 Å². The number of ether oxygens (including phenoxy) is 1. The Hall–Kier alpha value is -1.25. The van der Waals surface area contributed by atoms with Gasteiger partial charge in [-0.25, -0.2) is 0 Å². The fourth-order valence-electron chi connectivity index (χ4n) is 1.75. The molecule has 0 spiro atoms. The summed E-state index contributed by atoms with van der Waals surface area (Å²) in [6.45, 7) is 2.48. The third kappa shape index (κ3) is 1.74. The molecule has 2 heterocycles. The number of rotatable bonds is 1. The van der Waals surface area contributed by atoms with Crippen LogP contribution in [0.3, 0.4) is 0 Å². The molecule has 0 N–H and O–H groups in total. The number of hydrogen-bond acceptors (Lipinski definition) is 2. The smallest absolute Gasteiger partial charge is 0.308 e. The van der Waals surface area contributed by atoms with Crippen LogP contribution in [0.2, 0.25) is 0 Å². The average Bonchev–Trinajstić information content (AvgIpc) is 2.44. The van der Waals surface area contributed by atoms with Gasteiger partial charge in [-0.15, -0.1) is 0 Å². The molecule has 1 aliphatic rings. The quantitative estimate of drug-likeness (QED) is 0.615. The minimum Gasteiger partial charge on any atom is -0.425 e. The van der Waals surface area contributed by atoms with Crippen LogP contribution >= 0.6 is 0 Å². The number of carbonyl (C=O) groups excluding carboxylic acids is 1. The van der Waals surface area contributed by atoms with Crippen LogP contribution < -0.4 is 4.74 Å². The Morgan fingerprint density at radius 3 is 3.08 bits per heavy atom. The molecule has 0 bridgehead atoms. The van der Waals surface area contributed by atoms with Gasteiger partial charge in [0.25, 0.3) is 0 Å². The summed E-state index contributed by atoms with van der Waals surface area (Å²) in [5.74, 6) is 0.437. The van der Waals surface area contributed by atoms with Gasteiger partial charge in [-0.05, 0) is 19.3 Å². The Morgan fingerprint density at radius 2 is 2.38 bits per heavy atom. The number of aryl methyl sites for hydroxylation is 2. The molecule has 0 fully saturated rings. The van der Waals surface area contributed by atoms with Gasteiger partial charge in [0.15, 0.2) is 0 Å². The van der Waals surface area contributed by atoms with Crippen LogP contribution in [-0.2, 0) is 17.8 Å². The van der Waals surface area contributed by atoms with Crippen LogP contribution in [0.15, 0.2) is 12.3 Å². The lowest BCUT2D eigenvalue weighted by Gasteiger charge is -2.13. The molecule has 13 heavy (non-hydrogen) atoms. The van der Waals surface area contributed by atoms with Crippen molar-refractivity contribution in [3.05, 3.63) is 18.0 Å². The van der Waals surface area contributed by atoms with Gasteiger partial charge >= 0.3 is 5.97 Å². The highest BCUT2D eigenvalue weighted by molar-refractivity contribution is 5.69. The molecule has 1 aromatic rings. The van der Waals surface area contributed by atoms with Crippen molar-refractivity contribution in [1.29, 1.82) is 0 Å². The van der Waals surface area contributed by atoms with Crippen molar-refractivity contribution in [2.24, 2.45) is 0 Å². The molecule has 0 saturated heterocycles. The Labute approximate surface area is 77.3 Å². The highest BCUT2D eigenvalue weighted by atomic mass is 16.5. The molecule has 0 unspecified atom stereocenters. The lowest BCUT2D eigenvalue weighted by Crippen LogP contribution is -2.07. The summed E-state index contributed by atoms with van der Waals surface area (Å²) in [5, 5.41) is 0. The molecule has 1 aliphatic heterocycles. The Kier molecular flexibility index (Phi) is 2.08. The van der Waals surface area contributed by atoms with E-state index in [4.69, 9.17) is 4.74 Å². The van der Waals surface area contributed by atoms with Crippen LogP contribution in [0.1, 0.15) is 25.5 Å². The van der Waals surface area contributed by atoms with E-state index in [0.717, 1.165) is 13.0 Å². The third-order valence-corrected chi connectivity index (χ3v) is 2.30. The first-order chi connectivity index (χ1) is 6.25. The third-order valence-electron chi connectivity index (χ3n) is 2.30. The molecule has 0 radical (unpaired) electrons. The minimum atomic E-state index is -0.247. The number of hydrogen-bond donors (Lipinski definition) is 0. The van der Waals surface area contributed by atoms with Gasteiger partial charge in [0.2, 0.25) is 0 Å². The lowest BCUT2D eigenvalue weighted by atomic mass is 10.1. The second-order valence-electron chi connectivity index (χ2n) is 3.41. The summed E-state index contributed by atoms with van der Waals surface area (Å²) >= 11 is 0. The second-order valence-corrected chi connectivity index (χ2v) is 3.41. The number of fused-ring (bicyclic) bond motifs is 1.